The molecular weight excluding hydrogens is 369 g/mol. The van der Waals surface area contributed by atoms with Gasteiger partial charge >= 0.3 is 0 Å². The summed E-state index contributed by atoms with van der Waals surface area (Å²) in [5, 5.41) is 0.468. The Balaban J connectivity index is 2.16. The fourth-order valence-corrected chi connectivity index (χ4v) is 2.70. The number of hydrogen-bond donors (Lipinski definition) is 0. The van der Waals surface area contributed by atoms with Crippen LogP contribution < -0.4 is 4.74 Å². The number of para-hydroxylation sites is 1. The minimum Gasteiger partial charge on any atom is -0.486 e. The van der Waals surface area contributed by atoms with Gasteiger partial charge < -0.3 is 4.74 Å². The second-order valence-electron chi connectivity index (χ2n) is 3.29. The SMILES string of the molecule is Clc1ncccc1COc1c(Br)cccc1Br. The van der Waals surface area contributed by atoms with Crippen LogP contribution in [0.4, 0.5) is 0 Å². The first kappa shape index (κ1) is 12.9. The Hall–Kier alpha value is -0.580. The zero-order valence-corrected chi connectivity index (χ0v) is 12.6. The van der Waals surface area contributed by atoms with Gasteiger partial charge in [-0.1, -0.05) is 23.7 Å². The molecule has 5 heteroatoms. The molecule has 17 heavy (non-hydrogen) atoms. The average Bonchev–Trinajstić information content (AvgIpc) is 2.30. The molecule has 0 atom stereocenters. The topological polar surface area (TPSA) is 22.1 Å². The summed E-state index contributed by atoms with van der Waals surface area (Å²) in [5.41, 5.74) is 0.858. The first-order chi connectivity index (χ1) is 8.18. The molecule has 0 bridgehead atoms. The molecule has 0 aliphatic heterocycles. The summed E-state index contributed by atoms with van der Waals surface area (Å²) in [6.07, 6.45) is 1.65. The van der Waals surface area contributed by atoms with Gasteiger partial charge in [-0.2, -0.15) is 0 Å². The predicted octanol–water partition coefficient (Wildman–Crippen LogP) is 4.84. The van der Waals surface area contributed by atoms with Gasteiger partial charge in [-0.3, -0.25) is 0 Å². The van der Waals surface area contributed by atoms with E-state index >= 15 is 0 Å². The monoisotopic (exact) mass is 375 g/mol. The van der Waals surface area contributed by atoms with Crippen LogP contribution in [-0.4, -0.2) is 4.98 Å². The minimum absolute atomic E-state index is 0.383. The maximum Gasteiger partial charge on any atom is 0.148 e. The molecule has 0 saturated carbocycles. The van der Waals surface area contributed by atoms with Gasteiger partial charge in [0.25, 0.3) is 0 Å². The molecule has 0 fully saturated rings. The number of hydrogen-bond acceptors (Lipinski definition) is 2. The molecule has 0 spiro atoms. The average molecular weight is 377 g/mol. The molecular formula is C12H8Br2ClNO. The molecule has 2 nitrogen and oxygen atoms in total. The Bertz CT molecular complexity index is 513. The van der Waals surface area contributed by atoms with Gasteiger partial charge in [-0.25, -0.2) is 4.98 Å². The Labute approximate surface area is 121 Å². The molecule has 1 heterocycles. The van der Waals surface area contributed by atoms with Crippen molar-refractivity contribution < 1.29 is 4.74 Å². The van der Waals surface area contributed by atoms with Crippen molar-refractivity contribution in [3.05, 3.63) is 56.2 Å². The fraction of sp³-hybridized carbons (Fsp3) is 0.0833. The minimum atomic E-state index is 0.383. The molecule has 0 unspecified atom stereocenters. The highest BCUT2D eigenvalue weighted by molar-refractivity contribution is 9.11. The molecule has 0 radical (unpaired) electrons. The summed E-state index contributed by atoms with van der Waals surface area (Å²) < 4.78 is 7.51. The summed E-state index contributed by atoms with van der Waals surface area (Å²) in [6, 6.07) is 9.49. The third kappa shape index (κ3) is 3.21. The Morgan fingerprint density at radius 1 is 1.12 bits per heavy atom. The third-order valence-electron chi connectivity index (χ3n) is 2.13. The fourth-order valence-electron chi connectivity index (χ4n) is 1.30. The molecule has 2 aromatic rings. The van der Waals surface area contributed by atoms with E-state index in [1.165, 1.54) is 0 Å². The highest BCUT2D eigenvalue weighted by Crippen LogP contribution is 2.33. The highest BCUT2D eigenvalue weighted by Gasteiger charge is 2.07. The summed E-state index contributed by atoms with van der Waals surface area (Å²) in [5.74, 6) is 0.757. The number of nitrogens with zero attached hydrogens (tertiary/aromatic N) is 1. The van der Waals surface area contributed by atoms with Gasteiger partial charge in [0, 0.05) is 11.8 Å². The van der Waals surface area contributed by atoms with E-state index < -0.39 is 0 Å². The van der Waals surface area contributed by atoms with Crippen LogP contribution in [0.5, 0.6) is 5.75 Å². The lowest BCUT2D eigenvalue weighted by atomic mass is 10.3. The Morgan fingerprint density at radius 3 is 2.47 bits per heavy atom. The quantitative estimate of drug-likeness (QED) is 0.714. The van der Waals surface area contributed by atoms with Crippen molar-refractivity contribution in [1.29, 1.82) is 0 Å². The van der Waals surface area contributed by atoms with Gasteiger partial charge in [0.05, 0.1) is 8.95 Å². The van der Waals surface area contributed by atoms with Crippen molar-refractivity contribution >= 4 is 43.5 Å². The molecule has 0 amide bonds. The van der Waals surface area contributed by atoms with Crippen LogP contribution in [-0.2, 0) is 6.61 Å². The van der Waals surface area contributed by atoms with E-state index in [-0.39, 0.29) is 0 Å². The standard InChI is InChI=1S/C12H8Br2ClNO/c13-9-4-1-5-10(14)11(9)17-7-8-3-2-6-16-12(8)15/h1-6H,7H2. The predicted molar refractivity (Wildman–Crippen MR) is 75.4 cm³/mol. The number of aromatic nitrogens is 1. The van der Waals surface area contributed by atoms with Crippen molar-refractivity contribution in [3.8, 4) is 5.75 Å². The maximum absolute atomic E-state index is 5.96. The van der Waals surface area contributed by atoms with Gasteiger partial charge in [0.15, 0.2) is 0 Å². The van der Waals surface area contributed by atoms with Crippen LogP contribution in [0.15, 0.2) is 45.5 Å². The number of ether oxygens (including phenoxy) is 1. The Kier molecular flexibility index (Phi) is 4.42. The lowest BCUT2D eigenvalue weighted by Gasteiger charge is -2.10. The summed E-state index contributed by atoms with van der Waals surface area (Å²) in [4.78, 5) is 4.00. The zero-order chi connectivity index (χ0) is 12.3. The van der Waals surface area contributed by atoms with Crippen molar-refractivity contribution in [2.24, 2.45) is 0 Å². The molecule has 1 aromatic heterocycles. The summed E-state index contributed by atoms with van der Waals surface area (Å²) >= 11 is 12.8. The van der Waals surface area contributed by atoms with Gasteiger partial charge in [0.2, 0.25) is 0 Å². The van der Waals surface area contributed by atoms with Crippen molar-refractivity contribution in [2.75, 3.05) is 0 Å². The number of halogens is 3. The largest absolute Gasteiger partial charge is 0.486 e. The molecule has 2 rings (SSSR count). The van der Waals surface area contributed by atoms with Crippen LogP contribution in [0.25, 0.3) is 0 Å². The van der Waals surface area contributed by atoms with Crippen LogP contribution in [0.2, 0.25) is 5.15 Å². The van der Waals surface area contributed by atoms with Crippen LogP contribution in [0, 0.1) is 0 Å². The molecule has 0 aliphatic rings. The molecule has 0 aliphatic carbocycles. The molecule has 0 saturated heterocycles. The molecule has 88 valence electrons. The smallest absolute Gasteiger partial charge is 0.148 e. The van der Waals surface area contributed by atoms with E-state index in [1.807, 2.05) is 30.3 Å². The number of benzene rings is 1. The molecule has 0 N–H and O–H groups in total. The maximum atomic E-state index is 5.96. The molecule has 1 aromatic carbocycles. The van der Waals surface area contributed by atoms with Gasteiger partial charge in [0.1, 0.15) is 17.5 Å². The van der Waals surface area contributed by atoms with E-state index in [1.54, 1.807) is 6.20 Å². The second kappa shape index (κ2) is 5.85. The van der Waals surface area contributed by atoms with Crippen molar-refractivity contribution in [1.82, 2.24) is 4.98 Å². The number of pyridine rings is 1. The zero-order valence-electron chi connectivity index (χ0n) is 8.66. The van der Waals surface area contributed by atoms with Crippen molar-refractivity contribution in [2.45, 2.75) is 6.61 Å². The van der Waals surface area contributed by atoms with Crippen LogP contribution >= 0.6 is 43.5 Å². The van der Waals surface area contributed by atoms with E-state index in [2.05, 4.69) is 36.8 Å². The third-order valence-corrected chi connectivity index (χ3v) is 3.72. The normalized spacial score (nSPS) is 10.3. The highest BCUT2D eigenvalue weighted by atomic mass is 79.9. The van der Waals surface area contributed by atoms with E-state index in [0.29, 0.717) is 11.8 Å². The first-order valence-corrected chi connectivity index (χ1v) is 6.81. The van der Waals surface area contributed by atoms with Gasteiger partial charge in [-0.15, -0.1) is 0 Å². The number of rotatable bonds is 3. The summed E-state index contributed by atoms with van der Waals surface area (Å²) in [7, 11) is 0. The Morgan fingerprint density at radius 2 is 1.82 bits per heavy atom. The van der Waals surface area contributed by atoms with Crippen molar-refractivity contribution in [3.63, 3.8) is 0 Å². The lowest BCUT2D eigenvalue weighted by Crippen LogP contribution is -1.98. The van der Waals surface area contributed by atoms with Crippen LogP contribution in [0.3, 0.4) is 0 Å². The first-order valence-electron chi connectivity index (χ1n) is 4.84. The van der Waals surface area contributed by atoms with E-state index in [9.17, 15) is 0 Å². The lowest BCUT2D eigenvalue weighted by molar-refractivity contribution is 0.302. The summed E-state index contributed by atoms with van der Waals surface area (Å²) in [6.45, 7) is 0.383. The van der Waals surface area contributed by atoms with Crippen LogP contribution in [0.1, 0.15) is 5.56 Å². The second-order valence-corrected chi connectivity index (χ2v) is 5.36. The van der Waals surface area contributed by atoms with E-state index in [0.717, 1.165) is 20.3 Å². The van der Waals surface area contributed by atoms with E-state index in [4.69, 9.17) is 16.3 Å². The van der Waals surface area contributed by atoms with Gasteiger partial charge in [-0.05, 0) is 50.1 Å².